The van der Waals surface area contributed by atoms with Crippen molar-refractivity contribution in [2.75, 3.05) is 6.61 Å². The lowest BCUT2D eigenvalue weighted by molar-refractivity contribution is 0.0523. The summed E-state index contributed by atoms with van der Waals surface area (Å²) < 4.78 is 4.77. The molecule has 0 aliphatic heterocycles. The second-order valence-electron chi connectivity index (χ2n) is 4.28. The number of hydrogen-bond acceptors (Lipinski definition) is 5. The molecule has 1 N–H and O–H groups in total. The summed E-state index contributed by atoms with van der Waals surface area (Å²) in [5, 5.41) is 0. The van der Waals surface area contributed by atoms with Crippen LogP contribution in [0.4, 0.5) is 0 Å². The Morgan fingerprint density at radius 3 is 2.70 bits per heavy atom. The van der Waals surface area contributed by atoms with Gasteiger partial charge in [-0.1, -0.05) is 6.07 Å². The molecule has 0 aliphatic carbocycles. The van der Waals surface area contributed by atoms with Crippen LogP contribution in [0.3, 0.4) is 0 Å². The molecule has 2 rings (SSSR count). The van der Waals surface area contributed by atoms with E-state index in [4.69, 9.17) is 4.74 Å². The van der Waals surface area contributed by atoms with Crippen molar-refractivity contribution in [1.82, 2.24) is 15.0 Å². The molecule has 6 nitrogen and oxygen atoms in total. The molecular weight excluding hydrogens is 258 g/mol. The quantitative estimate of drug-likeness (QED) is 0.847. The third kappa shape index (κ3) is 3.28. The zero-order valence-corrected chi connectivity index (χ0v) is 11.3. The number of pyridine rings is 1. The Hall–Kier alpha value is -2.50. The molecule has 0 saturated carbocycles. The van der Waals surface area contributed by atoms with E-state index in [9.17, 15) is 9.59 Å². The second-order valence-corrected chi connectivity index (χ2v) is 4.28. The van der Waals surface area contributed by atoms with Crippen molar-refractivity contribution in [3.8, 4) is 0 Å². The molecular formula is C14H15N3O3. The van der Waals surface area contributed by atoms with Gasteiger partial charge in [-0.2, -0.15) is 0 Å². The Morgan fingerprint density at radius 2 is 2.10 bits per heavy atom. The molecule has 0 aliphatic rings. The van der Waals surface area contributed by atoms with E-state index in [1.54, 1.807) is 13.1 Å². The van der Waals surface area contributed by atoms with Gasteiger partial charge in [0.2, 0.25) is 0 Å². The van der Waals surface area contributed by atoms with Gasteiger partial charge >= 0.3 is 5.97 Å². The molecule has 0 atom stereocenters. The number of rotatable bonds is 4. The van der Waals surface area contributed by atoms with Crippen molar-refractivity contribution in [2.45, 2.75) is 20.3 Å². The summed E-state index contributed by atoms with van der Waals surface area (Å²) in [5.41, 5.74) is 1.28. The summed E-state index contributed by atoms with van der Waals surface area (Å²) in [5.74, 6) is -0.182. The van der Waals surface area contributed by atoms with Crippen molar-refractivity contribution >= 4 is 5.97 Å². The molecule has 0 aromatic carbocycles. The highest BCUT2D eigenvalue weighted by molar-refractivity contribution is 5.88. The van der Waals surface area contributed by atoms with Gasteiger partial charge in [0.15, 0.2) is 0 Å². The van der Waals surface area contributed by atoms with Gasteiger partial charge in [0.25, 0.3) is 5.56 Å². The van der Waals surface area contributed by atoms with Crippen molar-refractivity contribution < 1.29 is 9.53 Å². The number of aromatic nitrogens is 3. The second kappa shape index (κ2) is 6.10. The molecule has 104 valence electrons. The van der Waals surface area contributed by atoms with Crippen LogP contribution in [0.25, 0.3) is 0 Å². The van der Waals surface area contributed by atoms with Gasteiger partial charge < -0.3 is 9.72 Å². The smallest absolute Gasteiger partial charge is 0.345 e. The summed E-state index contributed by atoms with van der Waals surface area (Å²) >= 11 is 0. The average Bonchev–Trinajstić information content (AvgIpc) is 2.42. The lowest BCUT2D eigenvalue weighted by Gasteiger charge is -2.03. The van der Waals surface area contributed by atoms with E-state index in [1.165, 1.54) is 6.20 Å². The minimum atomic E-state index is -0.662. The Balaban J connectivity index is 2.19. The molecule has 2 heterocycles. The summed E-state index contributed by atoms with van der Waals surface area (Å²) in [6.45, 7) is 3.80. The number of nitrogens with one attached hydrogen (secondary N) is 1. The third-order valence-electron chi connectivity index (χ3n) is 2.69. The molecule has 6 heteroatoms. The number of esters is 1. The summed E-state index contributed by atoms with van der Waals surface area (Å²) in [4.78, 5) is 34.1. The van der Waals surface area contributed by atoms with Crippen LogP contribution in [-0.2, 0) is 11.2 Å². The van der Waals surface area contributed by atoms with E-state index in [0.29, 0.717) is 12.2 Å². The summed E-state index contributed by atoms with van der Waals surface area (Å²) in [6.07, 6.45) is 3.42. The predicted molar refractivity (Wildman–Crippen MR) is 72.6 cm³/mol. The van der Waals surface area contributed by atoms with Crippen LogP contribution in [0.1, 0.15) is 34.4 Å². The normalized spacial score (nSPS) is 10.3. The maximum Gasteiger partial charge on any atom is 0.345 e. The predicted octanol–water partition coefficient (Wildman–Crippen LogP) is 1.24. The first kappa shape index (κ1) is 13.9. The fourth-order valence-corrected chi connectivity index (χ4v) is 1.67. The number of carbonyl (C=O) groups excluding carboxylic acids is 1. The van der Waals surface area contributed by atoms with Gasteiger partial charge in [-0.05, 0) is 25.5 Å². The fourth-order valence-electron chi connectivity index (χ4n) is 1.67. The van der Waals surface area contributed by atoms with Crippen molar-refractivity contribution in [3.05, 3.63) is 57.5 Å². The van der Waals surface area contributed by atoms with E-state index < -0.39 is 11.5 Å². The number of nitrogens with zero attached hydrogens (tertiary/aromatic N) is 2. The van der Waals surface area contributed by atoms with Crippen LogP contribution in [0.15, 0.2) is 29.3 Å². The average molecular weight is 273 g/mol. The Bertz CT molecular complexity index is 662. The first-order chi connectivity index (χ1) is 9.60. The van der Waals surface area contributed by atoms with Gasteiger partial charge in [-0.15, -0.1) is 0 Å². The van der Waals surface area contributed by atoms with Crippen molar-refractivity contribution in [1.29, 1.82) is 0 Å². The largest absolute Gasteiger partial charge is 0.462 e. The van der Waals surface area contributed by atoms with E-state index in [0.717, 1.165) is 11.3 Å². The van der Waals surface area contributed by atoms with Gasteiger partial charge in [-0.25, -0.2) is 9.78 Å². The number of carbonyl (C=O) groups is 1. The lowest BCUT2D eigenvalue weighted by Crippen LogP contribution is -2.22. The SMILES string of the molecule is CCOC(=O)c1cnc(Cc2ccc(C)nc2)[nH]c1=O. The van der Waals surface area contributed by atoms with Crippen LogP contribution < -0.4 is 5.56 Å². The molecule has 0 spiro atoms. The van der Waals surface area contributed by atoms with Crippen LogP contribution in [0.5, 0.6) is 0 Å². The topological polar surface area (TPSA) is 84.9 Å². The maximum atomic E-state index is 11.8. The molecule has 20 heavy (non-hydrogen) atoms. The van der Waals surface area contributed by atoms with E-state index in [-0.39, 0.29) is 12.2 Å². The first-order valence-corrected chi connectivity index (χ1v) is 6.27. The van der Waals surface area contributed by atoms with E-state index in [2.05, 4.69) is 15.0 Å². The molecule has 2 aromatic rings. The molecule has 0 radical (unpaired) electrons. The van der Waals surface area contributed by atoms with Gasteiger partial charge in [0, 0.05) is 24.5 Å². The number of hydrogen-bond donors (Lipinski definition) is 1. The maximum absolute atomic E-state index is 11.8. The minimum Gasteiger partial charge on any atom is -0.462 e. The summed E-state index contributed by atoms with van der Waals surface area (Å²) in [6, 6.07) is 3.81. The lowest BCUT2D eigenvalue weighted by atomic mass is 10.2. The standard InChI is InChI=1S/C14H15N3O3/c1-3-20-14(19)11-8-16-12(17-13(11)18)6-10-5-4-9(2)15-7-10/h4-5,7-8H,3,6H2,1-2H3,(H,16,17,18). The summed E-state index contributed by atoms with van der Waals surface area (Å²) in [7, 11) is 0. The van der Waals surface area contributed by atoms with Gasteiger partial charge in [0.1, 0.15) is 11.4 Å². The van der Waals surface area contributed by atoms with Crippen molar-refractivity contribution in [2.24, 2.45) is 0 Å². The number of aryl methyl sites for hydroxylation is 1. The van der Waals surface area contributed by atoms with Gasteiger partial charge in [-0.3, -0.25) is 9.78 Å². The first-order valence-electron chi connectivity index (χ1n) is 6.27. The zero-order valence-electron chi connectivity index (χ0n) is 11.3. The monoisotopic (exact) mass is 273 g/mol. The van der Waals surface area contributed by atoms with E-state index >= 15 is 0 Å². The van der Waals surface area contributed by atoms with E-state index in [1.807, 2.05) is 19.1 Å². The molecule has 0 unspecified atom stereocenters. The Labute approximate surface area is 115 Å². The van der Waals surface area contributed by atoms with Gasteiger partial charge in [0.05, 0.1) is 6.61 Å². The molecule has 0 fully saturated rings. The molecule has 2 aromatic heterocycles. The minimum absolute atomic E-state index is 0.0855. The molecule has 0 saturated heterocycles. The van der Waals surface area contributed by atoms with Crippen LogP contribution in [0, 0.1) is 6.92 Å². The fraction of sp³-hybridized carbons (Fsp3) is 0.286. The highest BCUT2D eigenvalue weighted by atomic mass is 16.5. The zero-order chi connectivity index (χ0) is 14.5. The molecule has 0 bridgehead atoms. The number of ether oxygens (including phenoxy) is 1. The highest BCUT2D eigenvalue weighted by Gasteiger charge is 2.12. The Kier molecular flexibility index (Phi) is 4.24. The highest BCUT2D eigenvalue weighted by Crippen LogP contribution is 2.04. The number of aromatic amines is 1. The molecule has 0 amide bonds. The Morgan fingerprint density at radius 1 is 1.30 bits per heavy atom. The van der Waals surface area contributed by atoms with Crippen LogP contribution in [0.2, 0.25) is 0 Å². The van der Waals surface area contributed by atoms with Crippen LogP contribution in [-0.4, -0.2) is 27.5 Å². The van der Waals surface area contributed by atoms with Crippen LogP contribution >= 0.6 is 0 Å². The third-order valence-corrected chi connectivity index (χ3v) is 2.69. The van der Waals surface area contributed by atoms with Crippen molar-refractivity contribution in [3.63, 3.8) is 0 Å². The number of H-pyrrole nitrogens is 1.